The molecule has 0 aliphatic heterocycles. The van der Waals surface area contributed by atoms with Crippen molar-refractivity contribution in [2.75, 3.05) is 12.7 Å². The van der Waals surface area contributed by atoms with Gasteiger partial charge in [-0.1, -0.05) is 0 Å². The van der Waals surface area contributed by atoms with E-state index in [1.54, 1.807) is 4.67 Å². The molecule has 0 aromatic heterocycles. The van der Waals surface area contributed by atoms with Gasteiger partial charge in [-0.3, -0.25) is 0 Å². The molecule has 0 saturated carbocycles. The van der Waals surface area contributed by atoms with Gasteiger partial charge >= 0.3 is 91.3 Å². The van der Waals surface area contributed by atoms with Gasteiger partial charge in [0.25, 0.3) is 0 Å². The van der Waals surface area contributed by atoms with Gasteiger partial charge in [-0.2, -0.15) is 0 Å². The van der Waals surface area contributed by atoms with Crippen molar-refractivity contribution in [3.63, 3.8) is 0 Å². The molecule has 86 valence electrons. The van der Waals surface area contributed by atoms with Crippen LogP contribution in [-0.4, -0.2) is 27.2 Å². The predicted octanol–water partition coefficient (Wildman–Crippen LogP) is 2.01. The van der Waals surface area contributed by atoms with Gasteiger partial charge in [0.05, 0.1) is 0 Å². The Balaban J connectivity index is 2.70. The van der Waals surface area contributed by atoms with E-state index in [1.807, 2.05) is 44.2 Å². The van der Waals surface area contributed by atoms with E-state index in [9.17, 15) is 9.79 Å². The van der Waals surface area contributed by atoms with Crippen LogP contribution < -0.4 is 0 Å². The number of rotatable bonds is 5. The van der Waals surface area contributed by atoms with Crippen molar-refractivity contribution in [2.45, 2.75) is 20.4 Å². The van der Waals surface area contributed by atoms with Gasteiger partial charge in [0.15, 0.2) is 0 Å². The predicted molar refractivity (Wildman–Crippen MR) is 65.8 cm³/mol. The van der Waals surface area contributed by atoms with E-state index < -0.39 is 7.87 Å². The Bertz CT molecular complexity index is 290. The summed E-state index contributed by atoms with van der Waals surface area (Å²) in [5.41, 5.74) is 1.12. The van der Waals surface area contributed by atoms with Crippen LogP contribution in [0, 0.1) is 0 Å². The molecule has 0 aliphatic carbocycles. The second-order valence-corrected chi connectivity index (χ2v) is 6.52. The van der Waals surface area contributed by atoms with Crippen LogP contribution in [0.5, 0.6) is 0 Å². The molecule has 1 aromatic carbocycles. The fourth-order valence-electron chi connectivity index (χ4n) is 1.52. The molecule has 0 amide bonds. The summed E-state index contributed by atoms with van der Waals surface area (Å²) in [5.74, 6) is 0. The second kappa shape index (κ2) is 5.57. The van der Waals surface area contributed by atoms with Crippen LogP contribution in [-0.2, 0) is 6.54 Å². The molecule has 0 saturated heterocycles. The molecule has 15 heavy (non-hydrogen) atoms. The van der Waals surface area contributed by atoms with Crippen molar-refractivity contribution in [3.05, 3.63) is 35.9 Å². The van der Waals surface area contributed by atoms with Crippen molar-refractivity contribution in [1.29, 1.82) is 0 Å². The molecule has 0 radical (unpaired) electrons. The molecule has 0 fully saturated rings. The Morgan fingerprint density at radius 3 is 2.20 bits per heavy atom. The summed E-state index contributed by atoms with van der Waals surface area (Å²) in [7, 11) is -3.16. The quantitative estimate of drug-likeness (QED) is 0.759. The van der Waals surface area contributed by atoms with Gasteiger partial charge in [0, 0.05) is 0 Å². The summed E-state index contributed by atoms with van der Waals surface area (Å²) in [4.78, 5) is 19.7. The zero-order valence-corrected chi connectivity index (χ0v) is 10.3. The van der Waals surface area contributed by atoms with Crippen LogP contribution in [0.3, 0.4) is 0 Å². The Kier molecular flexibility index (Phi) is 4.68. The second-order valence-electron chi connectivity index (χ2n) is 3.63. The average molecular weight is 229 g/mol. The first kappa shape index (κ1) is 12.6. The molecule has 0 spiro atoms. The van der Waals surface area contributed by atoms with Gasteiger partial charge in [0.2, 0.25) is 0 Å². The summed E-state index contributed by atoms with van der Waals surface area (Å²) in [6.45, 7) is 5.05. The summed E-state index contributed by atoms with van der Waals surface area (Å²) in [6.07, 6.45) is 0.438. The van der Waals surface area contributed by atoms with E-state index in [0.29, 0.717) is 19.3 Å². The summed E-state index contributed by atoms with van der Waals surface area (Å²) < 4.78 is 1.78. The molecule has 0 atom stereocenters. The van der Waals surface area contributed by atoms with Crippen LogP contribution >= 0.6 is 7.87 Å². The third-order valence-electron chi connectivity index (χ3n) is 2.58. The van der Waals surface area contributed by atoms with Crippen molar-refractivity contribution < 1.29 is 9.79 Å². The maximum atomic E-state index is 9.86. The van der Waals surface area contributed by atoms with E-state index in [-0.39, 0.29) is 0 Å². The first-order valence-electron chi connectivity index (χ1n) is 5.34. The summed E-state index contributed by atoms with van der Waals surface area (Å²) >= 11 is 0. The molecule has 0 aliphatic rings. The Morgan fingerprint density at radius 1 is 1.13 bits per heavy atom. The van der Waals surface area contributed by atoms with E-state index in [1.165, 1.54) is 0 Å². The summed E-state index contributed by atoms with van der Waals surface area (Å²) in [5, 5.41) is 0. The number of benzene rings is 1. The van der Waals surface area contributed by atoms with Gasteiger partial charge in [0.1, 0.15) is 0 Å². The third kappa shape index (κ3) is 3.54. The summed E-state index contributed by atoms with van der Waals surface area (Å²) in [6, 6.07) is 9.90. The number of hydrogen-bond donors (Lipinski definition) is 2. The topological polar surface area (TPSA) is 43.7 Å². The molecule has 1 aromatic rings. The number of nitrogens with zero attached hydrogens (tertiary/aromatic N) is 1. The SMILES string of the molecule is CCN(Cc1ccccc1)[PH](O)(O)CC. The van der Waals surface area contributed by atoms with Crippen LogP contribution in [0.15, 0.2) is 30.3 Å². The molecule has 0 unspecified atom stereocenters. The van der Waals surface area contributed by atoms with Crippen LogP contribution in [0.1, 0.15) is 19.4 Å². The van der Waals surface area contributed by atoms with Gasteiger partial charge in [-0.25, -0.2) is 0 Å². The van der Waals surface area contributed by atoms with E-state index in [2.05, 4.69) is 0 Å². The van der Waals surface area contributed by atoms with Crippen molar-refractivity contribution >= 4 is 7.87 Å². The maximum absolute atomic E-state index is 9.86. The molecule has 4 heteroatoms. The Morgan fingerprint density at radius 2 is 1.73 bits per heavy atom. The monoisotopic (exact) mass is 229 g/mol. The molecule has 0 bridgehead atoms. The van der Waals surface area contributed by atoms with Crippen LogP contribution in [0.4, 0.5) is 0 Å². The molecular weight excluding hydrogens is 209 g/mol. The van der Waals surface area contributed by atoms with E-state index in [0.717, 1.165) is 5.56 Å². The zero-order chi connectivity index (χ0) is 11.3. The van der Waals surface area contributed by atoms with Crippen molar-refractivity contribution in [2.24, 2.45) is 0 Å². The van der Waals surface area contributed by atoms with Crippen LogP contribution in [0.2, 0.25) is 0 Å². The first-order chi connectivity index (χ1) is 7.10. The molecule has 2 N–H and O–H groups in total. The first-order valence-corrected chi connectivity index (χ1v) is 7.38. The molecule has 3 nitrogen and oxygen atoms in total. The minimum atomic E-state index is -3.16. The zero-order valence-electron chi connectivity index (χ0n) is 9.35. The van der Waals surface area contributed by atoms with Crippen molar-refractivity contribution in [3.8, 4) is 0 Å². The Hall–Kier alpha value is -0.470. The minimum absolute atomic E-state index is 0.438. The van der Waals surface area contributed by atoms with Gasteiger partial charge < -0.3 is 0 Å². The normalized spacial score (nSPS) is 13.1. The fraction of sp³-hybridized carbons (Fsp3) is 0.455. The van der Waals surface area contributed by atoms with Crippen LogP contribution in [0.25, 0.3) is 0 Å². The standard InChI is InChI=1S/C11H20NO2P/c1-3-12(15(13,14)4-2)10-11-8-6-5-7-9-11/h5-9,13-15H,3-4,10H2,1-2H3. The van der Waals surface area contributed by atoms with Crippen molar-refractivity contribution in [1.82, 2.24) is 4.67 Å². The average Bonchev–Trinajstić information content (AvgIpc) is 2.27. The number of hydrogen-bond acceptors (Lipinski definition) is 3. The third-order valence-corrected chi connectivity index (χ3v) is 5.01. The Labute approximate surface area is 91.9 Å². The fourth-order valence-corrected chi connectivity index (χ4v) is 2.91. The van der Waals surface area contributed by atoms with E-state index >= 15 is 0 Å². The van der Waals surface area contributed by atoms with Gasteiger partial charge in [-0.15, -0.1) is 0 Å². The molecule has 0 heterocycles. The molecule has 1 rings (SSSR count). The molecular formula is C11H20NO2P. The van der Waals surface area contributed by atoms with E-state index in [4.69, 9.17) is 0 Å². The van der Waals surface area contributed by atoms with Gasteiger partial charge in [-0.05, 0) is 0 Å².